The molecule has 1 saturated carbocycles. The minimum Gasteiger partial charge on any atom is -0.300 e. The molecule has 3 nitrogen and oxygen atoms in total. The number of carbonyl (C=O) groups excluding carboxylic acids is 1. The largest absolute Gasteiger partial charge is 0.300 e. The van der Waals surface area contributed by atoms with Crippen LogP contribution >= 0.6 is 0 Å². The fourth-order valence-corrected chi connectivity index (χ4v) is 2.93. The monoisotopic (exact) mass is 210 g/mol. The van der Waals surface area contributed by atoms with Crippen molar-refractivity contribution in [2.24, 2.45) is 0 Å². The molecule has 15 heavy (non-hydrogen) atoms. The fraction of sp³-hybridized carbons (Fsp3) is 0.917. The van der Waals surface area contributed by atoms with E-state index in [4.69, 9.17) is 0 Å². The van der Waals surface area contributed by atoms with Crippen LogP contribution in [0.3, 0.4) is 0 Å². The van der Waals surface area contributed by atoms with E-state index >= 15 is 0 Å². The number of ketones is 1. The second kappa shape index (κ2) is 4.62. The van der Waals surface area contributed by atoms with Crippen LogP contribution in [-0.2, 0) is 4.79 Å². The van der Waals surface area contributed by atoms with Crippen molar-refractivity contribution >= 4 is 5.78 Å². The van der Waals surface area contributed by atoms with Crippen molar-refractivity contribution in [3.8, 4) is 0 Å². The molecule has 1 saturated heterocycles. The van der Waals surface area contributed by atoms with E-state index < -0.39 is 0 Å². The molecular weight excluding hydrogens is 188 g/mol. The zero-order chi connectivity index (χ0) is 10.8. The average Bonchev–Trinajstić information content (AvgIpc) is 2.65. The molecule has 2 rings (SSSR count). The number of carbonyl (C=O) groups is 1. The smallest absolute Gasteiger partial charge is 0.134 e. The van der Waals surface area contributed by atoms with Crippen molar-refractivity contribution in [3.63, 3.8) is 0 Å². The van der Waals surface area contributed by atoms with Crippen LogP contribution in [0.4, 0.5) is 0 Å². The van der Waals surface area contributed by atoms with Crippen LogP contribution in [0, 0.1) is 0 Å². The van der Waals surface area contributed by atoms with Gasteiger partial charge in [-0.2, -0.15) is 0 Å². The van der Waals surface area contributed by atoms with Crippen LogP contribution in [0.1, 0.15) is 33.1 Å². The maximum atomic E-state index is 11.3. The Morgan fingerprint density at radius 3 is 2.73 bits per heavy atom. The molecule has 1 aliphatic carbocycles. The second-order valence-electron chi connectivity index (χ2n) is 4.91. The molecule has 0 aromatic carbocycles. The summed E-state index contributed by atoms with van der Waals surface area (Å²) in [5, 5.41) is 0. The average molecular weight is 210 g/mol. The maximum Gasteiger partial charge on any atom is 0.134 e. The highest BCUT2D eigenvalue weighted by molar-refractivity contribution is 5.81. The van der Waals surface area contributed by atoms with Gasteiger partial charge in [0, 0.05) is 44.6 Å². The summed E-state index contributed by atoms with van der Waals surface area (Å²) in [5.74, 6) is 0.463. The zero-order valence-corrected chi connectivity index (χ0v) is 9.91. The SMILES string of the molecule is CCN1CCN(C2CCC(=O)C2)CC1C. The van der Waals surface area contributed by atoms with E-state index in [0.717, 1.165) is 38.9 Å². The molecule has 0 N–H and O–H groups in total. The summed E-state index contributed by atoms with van der Waals surface area (Å²) >= 11 is 0. The molecular formula is C12H22N2O. The molecule has 0 spiro atoms. The Balaban J connectivity index is 1.88. The van der Waals surface area contributed by atoms with Crippen LogP contribution in [0.2, 0.25) is 0 Å². The Labute approximate surface area is 92.4 Å². The zero-order valence-electron chi connectivity index (χ0n) is 9.91. The molecule has 3 heteroatoms. The first kappa shape index (κ1) is 11.1. The van der Waals surface area contributed by atoms with E-state index in [1.807, 2.05) is 0 Å². The molecule has 2 unspecified atom stereocenters. The summed E-state index contributed by atoms with van der Waals surface area (Å²) in [4.78, 5) is 16.3. The van der Waals surface area contributed by atoms with Gasteiger partial charge in [-0.3, -0.25) is 14.6 Å². The third kappa shape index (κ3) is 2.40. The molecule has 1 aliphatic heterocycles. The van der Waals surface area contributed by atoms with Gasteiger partial charge in [-0.05, 0) is 19.9 Å². The first-order valence-corrected chi connectivity index (χ1v) is 6.20. The molecule has 2 aliphatic rings. The van der Waals surface area contributed by atoms with Gasteiger partial charge >= 0.3 is 0 Å². The highest BCUT2D eigenvalue weighted by Gasteiger charge is 2.31. The number of likely N-dealkylation sites (N-methyl/N-ethyl adjacent to an activating group) is 1. The summed E-state index contributed by atoms with van der Waals surface area (Å²) in [6, 6.07) is 1.21. The molecule has 2 fully saturated rings. The lowest BCUT2D eigenvalue weighted by Crippen LogP contribution is -2.54. The molecule has 0 bridgehead atoms. The van der Waals surface area contributed by atoms with Crippen LogP contribution in [0.5, 0.6) is 0 Å². The second-order valence-corrected chi connectivity index (χ2v) is 4.91. The fourth-order valence-electron chi connectivity index (χ4n) is 2.93. The van der Waals surface area contributed by atoms with Crippen LogP contribution in [0.15, 0.2) is 0 Å². The van der Waals surface area contributed by atoms with E-state index in [1.54, 1.807) is 0 Å². The van der Waals surface area contributed by atoms with Crippen molar-refractivity contribution < 1.29 is 4.79 Å². The summed E-state index contributed by atoms with van der Waals surface area (Å²) in [5.41, 5.74) is 0. The molecule has 2 atom stereocenters. The van der Waals surface area contributed by atoms with Crippen LogP contribution in [0.25, 0.3) is 0 Å². The minimum atomic E-state index is 0.463. The summed E-state index contributed by atoms with van der Waals surface area (Å²) in [6.07, 6.45) is 2.71. The van der Waals surface area contributed by atoms with Gasteiger partial charge in [-0.15, -0.1) is 0 Å². The van der Waals surface area contributed by atoms with Crippen molar-refractivity contribution in [2.45, 2.75) is 45.2 Å². The molecule has 86 valence electrons. The molecule has 1 heterocycles. The number of piperazine rings is 1. The van der Waals surface area contributed by atoms with Gasteiger partial charge in [-0.25, -0.2) is 0 Å². The van der Waals surface area contributed by atoms with E-state index in [-0.39, 0.29) is 0 Å². The molecule has 0 aromatic heterocycles. The normalized spacial score (nSPS) is 34.9. The molecule has 0 radical (unpaired) electrons. The van der Waals surface area contributed by atoms with Gasteiger partial charge in [0.05, 0.1) is 0 Å². The summed E-state index contributed by atoms with van der Waals surface area (Å²) in [7, 11) is 0. The first-order valence-electron chi connectivity index (χ1n) is 6.20. The Kier molecular flexibility index (Phi) is 3.42. The predicted molar refractivity (Wildman–Crippen MR) is 60.9 cm³/mol. The lowest BCUT2D eigenvalue weighted by Gasteiger charge is -2.41. The quantitative estimate of drug-likeness (QED) is 0.683. The lowest BCUT2D eigenvalue weighted by molar-refractivity contribution is -0.117. The molecule has 0 amide bonds. The Bertz CT molecular complexity index is 242. The van der Waals surface area contributed by atoms with Crippen molar-refractivity contribution in [1.82, 2.24) is 9.80 Å². The van der Waals surface area contributed by atoms with Crippen LogP contribution < -0.4 is 0 Å². The summed E-state index contributed by atoms with van der Waals surface area (Å²) in [6.45, 7) is 9.14. The minimum absolute atomic E-state index is 0.463. The third-order valence-electron chi connectivity index (χ3n) is 3.94. The highest BCUT2D eigenvalue weighted by Crippen LogP contribution is 2.23. The van der Waals surface area contributed by atoms with E-state index in [0.29, 0.717) is 17.9 Å². The highest BCUT2D eigenvalue weighted by atomic mass is 16.1. The summed E-state index contributed by atoms with van der Waals surface area (Å²) < 4.78 is 0. The number of Topliss-reactive ketones (excluding diaryl/α,β-unsaturated/α-hetero) is 1. The van der Waals surface area contributed by atoms with Crippen molar-refractivity contribution in [1.29, 1.82) is 0 Å². The van der Waals surface area contributed by atoms with Gasteiger partial charge < -0.3 is 0 Å². The number of rotatable bonds is 2. The standard InChI is InChI=1S/C12H22N2O/c1-3-13-6-7-14(9-10(13)2)11-4-5-12(15)8-11/h10-11H,3-9H2,1-2H3. The lowest BCUT2D eigenvalue weighted by atomic mass is 10.1. The first-order chi connectivity index (χ1) is 7.20. The molecule has 0 aromatic rings. The van der Waals surface area contributed by atoms with Gasteiger partial charge in [0.15, 0.2) is 0 Å². The number of hydrogen-bond acceptors (Lipinski definition) is 3. The van der Waals surface area contributed by atoms with E-state index in [9.17, 15) is 4.79 Å². The van der Waals surface area contributed by atoms with Crippen molar-refractivity contribution in [3.05, 3.63) is 0 Å². The van der Waals surface area contributed by atoms with E-state index in [1.165, 1.54) is 6.54 Å². The Hall–Kier alpha value is -0.410. The predicted octanol–water partition coefficient (Wildman–Crippen LogP) is 1.13. The third-order valence-corrected chi connectivity index (χ3v) is 3.94. The topological polar surface area (TPSA) is 23.6 Å². The maximum absolute atomic E-state index is 11.3. The van der Waals surface area contributed by atoms with Gasteiger partial charge in [0.1, 0.15) is 5.78 Å². The van der Waals surface area contributed by atoms with Gasteiger partial charge in [0.25, 0.3) is 0 Å². The Morgan fingerprint density at radius 1 is 1.40 bits per heavy atom. The van der Waals surface area contributed by atoms with Crippen LogP contribution in [-0.4, -0.2) is 53.8 Å². The van der Waals surface area contributed by atoms with E-state index in [2.05, 4.69) is 23.6 Å². The number of hydrogen-bond donors (Lipinski definition) is 0. The van der Waals surface area contributed by atoms with Crippen molar-refractivity contribution in [2.75, 3.05) is 26.2 Å². The van der Waals surface area contributed by atoms with Gasteiger partial charge in [0.2, 0.25) is 0 Å². The Morgan fingerprint density at radius 2 is 2.20 bits per heavy atom. The number of nitrogens with zero attached hydrogens (tertiary/aromatic N) is 2. The van der Waals surface area contributed by atoms with Gasteiger partial charge in [-0.1, -0.05) is 6.92 Å².